The van der Waals surface area contributed by atoms with E-state index in [1.807, 2.05) is 25.1 Å². The lowest BCUT2D eigenvalue weighted by Crippen LogP contribution is -1.87. The van der Waals surface area contributed by atoms with Gasteiger partial charge in [0.15, 0.2) is 0 Å². The smallest absolute Gasteiger partial charge is 0.135 e. The summed E-state index contributed by atoms with van der Waals surface area (Å²) >= 11 is 3.44. The number of rotatable bonds is 1. The van der Waals surface area contributed by atoms with E-state index in [2.05, 4.69) is 27.0 Å². The Hall–Kier alpha value is -1.09. The Morgan fingerprint density at radius 2 is 2.07 bits per heavy atom. The van der Waals surface area contributed by atoms with Crippen molar-refractivity contribution >= 4 is 26.8 Å². The van der Waals surface area contributed by atoms with Crippen LogP contribution in [0.5, 0.6) is 5.75 Å². The minimum absolute atomic E-state index is 0.815. The fraction of sp³-hybridized carbons (Fsp3) is 0.182. The predicted molar refractivity (Wildman–Crippen MR) is 60.7 cm³/mol. The van der Waals surface area contributed by atoms with E-state index < -0.39 is 0 Å². The molecule has 2 rings (SSSR count). The van der Waals surface area contributed by atoms with Gasteiger partial charge in [-0.3, -0.25) is 4.98 Å². The van der Waals surface area contributed by atoms with Gasteiger partial charge in [0.1, 0.15) is 5.75 Å². The average Bonchev–Trinajstić information content (AvgIpc) is 2.17. The fourth-order valence-corrected chi connectivity index (χ4v) is 1.91. The molecule has 72 valence electrons. The minimum Gasteiger partial charge on any atom is -0.495 e. The van der Waals surface area contributed by atoms with Crippen molar-refractivity contribution < 1.29 is 4.74 Å². The maximum absolute atomic E-state index is 5.21. The van der Waals surface area contributed by atoms with Gasteiger partial charge >= 0.3 is 0 Å². The number of pyridine rings is 1. The summed E-state index contributed by atoms with van der Waals surface area (Å²) in [4.78, 5) is 4.42. The lowest BCUT2D eigenvalue weighted by atomic mass is 10.2. The van der Waals surface area contributed by atoms with E-state index in [4.69, 9.17) is 4.74 Å². The van der Waals surface area contributed by atoms with E-state index in [-0.39, 0.29) is 0 Å². The third kappa shape index (κ3) is 1.60. The standard InChI is InChI=1S/C11H10BrNO/c1-7-3-4-8-5-9(12)11(14-2)6-10(8)13-7/h3-6H,1-2H3. The molecule has 0 saturated heterocycles. The van der Waals surface area contributed by atoms with Crippen molar-refractivity contribution in [3.63, 3.8) is 0 Å². The number of aromatic nitrogens is 1. The van der Waals surface area contributed by atoms with E-state index >= 15 is 0 Å². The van der Waals surface area contributed by atoms with Crippen molar-refractivity contribution in [3.8, 4) is 5.75 Å². The van der Waals surface area contributed by atoms with Crippen LogP contribution >= 0.6 is 15.9 Å². The van der Waals surface area contributed by atoms with Crippen molar-refractivity contribution in [3.05, 3.63) is 34.4 Å². The molecule has 0 saturated carbocycles. The van der Waals surface area contributed by atoms with Gasteiger partial charge in [-0.2, -0.15) is 0 Å². The summed E-state index contributed by atoms with van der Waals surface area (Å²) in [5.41, 5.74) is 1.98. The van der Waals surface area contributed by atoms with Crippen molar-refractivity contribution in [1.29, 1.82) is 0 Å². The normalized spacial score (nSPS) is 10.5. The van der Waals surface area contributed by atoms with Crippen LogP contribution in [0.3, 0.4) is 0 Å². The average molecular weight is 252 g/mol. The van der Waals surface area contributed by atoms with Crippen LogP contribution in [0, 0.1) is 6.92 Å². The Kier molecular flexibility index (Phi) is 2.42. The van der Waals surface area contributed by atoms with Crippen LogP contribution in [-0.2, 0) is 0 Å². The van der Waals surface area contributed by atoms with Crippen molar-refractivity contribution in [2.45, 2.75) is 6.92 Å². The first-order valence-corrected chi connectivity index (χ1v) is 5.11. The number of nitrogens with zero attached hydrogens (tertiary/aromatic N) is 1. The Bertz CT molecular complexity index is 482. The van der Waals surface area contributed by atoms with Gasteiger partial charge in [0.2, 0.25) is 0 Å². The predicted octanol–water partition coefficient (Wildman–Crippen LogP) is 3.31. The minimum atomic E-state index is 0.815. The van der Waals surface area contributed by atoms with E-state index in [0.29, 0.717) is 0 Å². The second-order valence-corrected chi connectivity index (χ2v) is 3.99. The quantitative estimate of drug-likeness (QED) is 0.776. The summed E-state index contributed by atoms with van der Waals surface area (Å²) in [6.45, 7) is 1.98. The molecule has 0 spiro atoms. The largest absolute Gasteiger partial charge is 0.495 e. The number of methoxy groups -OCH3 is 1. The highest BCUT2D eigenvalue weighted by Gasteiger charge is 2.03. The van der Waals surface area contributed by atoms with Crippen molar-refractivity contribution in [1.82, 2.24) is 4.98 Å². The molecule has 0 radical (unpaired) electrons. The number of fused-ring (bicyclic) bond motifs is 1. The van der Waals surface area contributed by atoms with Gasteiger partial charge < -0.3 is 4.74 Å². The van der Waals surface area contributed by atoms with E-state index in [1.165, 1.54) is 0 Å². The van der Waals surface area contributed by atoms with Crippen molar-refractivity contribution in [2.24, 2.45) is 0 Å². The molecule has 0 atom stereocenters. The molecule has 0 aliphatic rings. The molecular weight excluding hydrogens is 242 g/mol. The molecule has 0 aliphatic heterocycles. The Balaban J connectivity index is 2.73. The van der Waals surface area contributed by atoms with Crippen LogP contribution in [0.15, 0.2) is 28.7 Å². The lowest BCUT2D eigenvalue weighted by Gasteiger charge is -2.05. The van der Waals surface area contributed by atoms with Crippen LogP contribution in [0.1, 0.15) is 5.69 Å². The van der Waals surface area contributed by atoms with E-state index in [9.17, 15) is 0 Å². The highest BCUT2D eigenvalue weighted by molar-refractivity contribution is 9.10. The Morgan fingerprint density at radius 3 is 2.79 bits per heavy atom. The first-order valence-electron chi connectivity index (χ1n) is 4.31. The number of benzene rings is 1. The molecule has 3 heteroatoms. The maximum atomic E-state index is 5.21. The Labute approximate surface area is 91.0 Å². The number of hydrogen-bond donors (Lipinski definition) is 0. The molecule has 0 fully saturated rings. The molecule has 14 heavy (non-hydrogen) atoms. The zero-order chi connectivity index (χ0) is 10.1. The summed E-state index contributed by atoms with van der Waals surface area (Å²) in [5.74, 6) is 0.815. The molecule has 0 bridgehead atoms. The highest BCUT2D eigenvalue weighted by Crippen LogP contribution is 2.29. The van der Waals surface area contributed by atoms with Gasteiger partial charge in [-0.1, -0.05) is 6.07 Å². The summed E-state index contributed by atoms with van der Waals surface area (Å²) in [5, 5.41) is 1.11. The summed E-state index contributed by atoms with van der Waals surface area (Å²) in [6, 6.07) is 8.01. The Morgan fingerprint density at radius 1 is 1.29 bits per heavy atom. The third-order valence-corrected chi connectivity index (χ3v) is 2.72. The second-order valence-electron chi connectivity index (χ2n) is 3.13. The maximum Gasteiger partial charge on any atom is 0.135 e. The van der Waals surface area contributed by atoms with Gasteiger partial charge in [0.25, 0.3) is 0 Å². The SMILES string of the molecule is COc1cc2nc(C)ccc2cc1Br. The number of aryl methyl sites for hydroxylation is 1. The third-order valence-electron chi connectivity index (χ3n) is 2.10. The van der Waals surface area contributed by atoms with Gasteiger partial charge in [-0.25, -0.2) is 0 Å². The van der Waals surface area contributed by atoms with Gasteiger partial charge in [0.05, 0.1) is 17.1 Å². The molecule has 0 unspecified atom stereocenters. The zero-order valence-electron chi connectivity index (χ0n) is 8.04. The van der Waals surface area contributed by atoms with E-state index in [0.717, 1.165) is 26.8 Å². The first kappa shape index (κ1) is 9.46. The highest BCUT2D eigenvalue weighted by atomic mass is 79.9. The van der Waals surface area contributed by atoms with Crippen LogP contribution < -0.4 is 4.74 Å². The van der Waals surface area contributed by atoms with Crippen molar-refractivity contribution in [2.75, 3.05) is 7.11 Å². The zero-order valence-corrected chi connectivity index (χ0v) is 9.63. The molecule has 2 aromatic rings. The first-order chi connectivity index (χ1) is 6.70. The molecule has 0 amide bonds. The molecule has 1 heterocycles. The van der Waals surface area contributed by atoms with Crippen LogP contribution in [-0.4, -0.2) is 12.1 Å². The number of halogens is 1. The second kappa shape index (κ2) is 3.58. The van der Waals surface area contributed by atoms with Gasteiger partial charge in [0, 0.05) is 17.1 Å². The topological polar surface area (TPSA) is 22.1 Å². The number of ether oxygens (including phenoxy) is 1. The molecule has 1 aromatic heterocycles. The van der Waals surface area contributed by atoms with Crippen LogP contribution in [0.2, 0.25) is 0 Å². The van der Waals surface area contributed by atoms with Gasteiger partial charge in [-0.15, -0.1) is 0 Å². The molecule has 0 N–H and O–H groups in total. The lowest BCUT2D eigenvalue weighted by molar-refractivity contribution is 0.412. The fourth-order valence-electron chi connectivity index (χ4n) is 1.38. The summed E-state index contributed by atoms with van der Waals surface area (Å²) in [7, 11) is 1.65. The van der Waals surface area contributed by atoms with Crippen LogP contribution in [0.25, 0.3) is 10.9 Å². The monoisotopic (exact) mass is 251 g/mol. The molecule has 1 aromatic carbocycles. The molecule has 0 aliphatic carbocycles. The van der Waals surface area contributed by atoms with Gasteiger partial charge in [-0.05, 0) is 35.0 Å². The number of hydrogen-bond acceptors (Lipinski definition) is 2. The molecule has 2 nitrogen and oxygen atoms in total. The molecular formula is C11H10BrNO. The summed E-state index contributed by atoms with van der Waals surface area (Å²) < 4.78 is 6.16. The summed E-state index contributed by atoms with van der Waals surface area (Å²) in [6.07, 6.45) is 0. The van der Waals surface area contributed by atoms with Crippen LogP contribution in [0.4, 0.5) is 0 Å². The van der Waals surface area contributed by atoms with E-state index in [1.54, 1.807) is 7.11 Å².